The average Bonchev–Trinajstić information content (AvgIpc) is 2.93. The van der Waals surface area contributed by atoms with Gasteiger partial charge in [-0.1, -0.05) is 0 Å². The predicted molar refractivity (Wildman–Crippen MR) is 53.0 cm³/mol. The van der Waals surface area contributed by atoms with Gasteiger partial charge in [0.05, 0.1) is 6.10 Å². The molecular weight excluding hydrogens is 180 g/mol. The fourth-order valence-corrected chi connectivity index (χ4v) is 1.86. The van der Waals surface area contributed by atoms with E-state index in [9.17, 15) is 9.90 Å². The molecule has 0 bridgehead atoms. The number of urea groups is 1. The second kappa shape index (κ2) is 4.17. The maximum atomic E-state index is 11.4. The third-order valence-electron chi connectivity index (χ3n) is 2.94. The number of nitrogens with one attached hydrogen (secondary N) is 2. The largest absolute Gasteiger partial charge is 0.393 e. The highest BCUT2D eigenvalue weighted by atomic mass is 16.3. The molecule has 0 saturated heterocycles. The Morgan fingerprint density at radius 2 is 1.36 bits per heavy atom. The highest BCUT2D eigenvalue weighted by Gasteiger charge is 2.25. The van der Waals surface area contributed by atoms with Crippen molar-refractivity contribution in [2.24, 2.45) is 0 Å². The lowest BCUT2D eigenvalue weighted by Crippen LogP contribution is -2.44. The number of carbonyl (C=O) groups is 1. The smallest absolute Gasteiger partial charge is 0.315 e. The molecule has 2 rings (SSSR count). The van der Waals surface area contributed by atoms with E-state index in [1.165, 1.54) is 0 Å². The molecular formula is C10H18N2O2. The molecule has 0 aliphatic heterocycles. The van der Waals surface area contributed by atoms with E-state index in [0.717, 1.165) is 38.5 Å². The minimum atomic E-state index is -0.153. The van der Waals surface area contributed by atoms with Crippen LogP contribution in [0.4, 0.5) is 4.79 Å². The molecule has 2 aliphatic rings. The summed E-state index contributed by atoms with van der Waals surface area (Å²) in [5.74, 6) is 0. The molecule has 3 N–H and O–H groups in total. The van der Waals surface area contributed by atoms with E-state index in [0.29, 0.717) is 6.04 Å². The molecule has 0 atom stereocenters. The third kappa shape index (κ3) is 2.87. The minimum Gasteiger partial charge on any atom is -0.393 e. The van der Waals surface area contributed by atoms with Gasteiger partial charge in [0.25, 0.3) is 0 Å². The fraction of sp³-hybridized carbons (Fsp3) is 0.900. The topological polar surface area (TPSA) is 61.4 Å². The van der Waals surface area contributed by atoms with Gasteiger partial charge < -0.3 is 15.7 Å². The molecule has 0 aromatic rings. The normalized spacial score (nSPS) is 32.4. The van der Waals surface area contributed by atoms with Crippen molar-refractivity contribution in [1.29, 1.82) is 0 Å². The fourth-order valence-electron chi connectivity index (χ4n) is 1.86. The molecule has 2 fully saturated rings. The monoisotopic (exact) mass is 198 g/mol. The molecule has 4 nitrogen and oxygen atoms in total. The van der Waals surface area contributed by atoms with Gasteiger partial charge in [-0.3, -0.25) is 0 Å². The molecule has 0 aromatic carbocycles. The molecule has 0 heterocycles. The summed E-state index contributed by atoms with van der Waals surface area (Å²) in [4.78, 5) is 11.4. The molecule has 2 amide bonds. The van der Waals surface area contributed by atoms with E-state index in [1.54, 1.807) is 0 Å². The number of aliphatic hydroxyl groups excluding tert-OH is 1. The molecule has 2 saturated carbocycles. The third-order valence-corrected chi connectivity index (χ3v) is 2.94. The van der Waals surface area contributed by atoms with E-state index >= 15 is 0 Å². The van der Waals surface area contributed by atoms with E-state index in [2.05, 4.69) is 10.6 Å². The maximum Gasteiger partial charge on any atom is 0.315 e. The van der Waals surface area contributed by atoms with Crippen LogP contribution < -0.4 is 10.6 Å². The van der Waals surface area contributed by atoms with Crippen molar-refractivity contribution in [3.05, 3.63) is 0 Å². The average molecular weight is 198 g/mol. The highest BCUT2D eigenvalue weighted by molar-refractivity contribution is 5.74. The van der Waals surface area contributed by atoms with Crippen LogP contribution in [-0.2, 0) is 0 Å². The first kappa shape index (κ1) is 9.77. The highest BCUT2D eigenvalue weighted by Crippen LogP contribution is 2.20. The summed E-state index contributed by atoms with van der Waals surface area (Å²) >= 11 is 0. The van der Waals surface area contributed by atoms with Crippen LogP contribution in [0, 0.1) is 0 Å². The second-order valence-corrected chi connectivity index (χ2v) is 4.40. The zero-order valence-electron chi connectivity index (χ0n) is 8.33. The molecule has 0 radical (unpaired) electrons. The first-order valence-electron chi connectivity index (χ1n) is 5.49. The van der Waals surface area contributed by atoms with Crippen molar-refractivity contribution in [1.82, 2.24) is 10.6 Å². The summed E-state index contributed by atoms with van der Waals surface area (Å²) in [5.41, 5.74) is 0. The summed E-state index contributed by atoms with van der Waals surface area (Å²) in [6, 6.07) is 0.648. The van der Waals surface area contributed by atoms with Crippen LogP contribution in [0.1, 0.15) is 38.5 Å². The molecule has 14 heavy (non-hydrogen) atoms. The molecule has 0 aromatic heterocycles. The van der Waals surface area contributed by atoms with Gasteiger partial charge in [-0.2, -0.15) is 0 Å². The maximum absolute atomic E-state index is 11.4. The van der Waals surface area contributed by atoms with Gasteiger partial charge in [0.2, 0.25) is 0 Å². The van der Waals surface area contributed by atoms with E-state index in [-0.39, 0.29) is 18.2 Å². The van der Waals surface area contributed by atoms with Crippen LogP contribution in [-0.4, -0.2) is 29.3 Å². The van der Waals surface area contributed by atoms with Crippen molar-refractivity contribution in [2.45, 2.75) is 56.7 Å². The van der Waals surface area contributed by atoms with Gasteiger partial charge in [-0.25, -0.2) is 4.79 Å². The number of aliphatic hydroxyl groups is 1. The SMILES string of the molecule is O=C(NC1CCC(O)CC1)NC1CC1. The van der Waals surface area contributed by atoms with Crippen LogP contribution in [0.5, 0.6) is 0 Å². The lowest BCUT2D eigenvalue weighted by atomic mass is 9.93. The summed E-state index contributed by atoms with van der Waals surface area (Å²) < 4.78 is 0. The van der Waals surface area contributed by atoms with Crippen LogP contribution in [0.3, 0.4) is 0 Å². The van der Waals surface area contributed by atoms with Crippen molar-refractivity contribution in [2.75, 3.05) is 0 Å². The predicted octanol–water partition coefficient (Wildman–Crippen LogP) is 0.751. The Kier molecular flexibility index (Phi) is 2.91. The number of hydrogen-bond donors (Lipinski definition) is 3. The Hall–Kier alpha value is -0.770. The summed E-state index contributed by atoms with van der Waals surface area (Å²) in [6.07, 6.45) is 5.52. The van der Waals surface area contributed by atoms with Crippen molar-refractivity contribution in [3.8, 4) is 0 Å². The number of rotatable bonds is 2. The quantitative estimate of drug-likeness (QED) is 0.613. The zero-order valence-corrected chi connectivity index (χ0v) is 8.33. The Balaban J connectivity index is 1.66. The second-order valence-electron chi connectivity index (χ2n) is 4.40. The van der Waals surface area contributed by atoms with Crippen LogP contribution in [0.2, 0.25) is 0 Å². The standard InChI is InChI=1S/C10H18N2O2/c13-9-5-3-8(4-6-9)12-10(14)11-7-1-2-7/h7-9,13H,1-6H2,(H2,11,12,14). The first-order valence-corrected chi connectivity index (χ1v) is 5.49. The molecule has 80 valence electrons. The Bertz CT molecular complexity index is 208. The number of hydrogen-bond acceptors (Lipinski definition) is 2. The van der Waals surface area contributed by atoms with Gasteiger partial charge in [0.1, 0.15) is 0 Å². The van der Waals surface area contributed by atoms with Crippen LogP contribution in [0.15, 0.2) is 0 Å². The van der Waals surface area contributed by atoms with Gasteiger partial charge in [0.15, 0.2) is 0 Å². The first-order chi connectivity index (χ1) is 6.74. The summed E-state index contributed by atoms with van der Waals surface area (Å²) in [5, 5.41) is 15.1. The van der Waals surface area contributed by atoms with Gasteiger partial charge in [-0.05, 0) is 38.5 Å². The van der Waals surface area contributed by atoms with Crippen molar-refractivity contribution < 1.29 is 9.90 Å². The molecule has 2 aliphatic carbocycles. The lowest BCUT2D eigenvalue weighted by Gasteiger charge is -2.26. The van der Waals surface area contributed by atoms with Crippen molar-refractivity contribution in [3.63, 3.8) is 0 Å². The van der Waals surface area contributed by atoms with Gasteiger partial charge >= 0.3 is 6.03 Å². The number of amides is 2. The summed E-state index contributed by atoms with van der Waals surface area (Å²) in [6.45, 7) is 0. The Labute approximate surface area is 84.1 Å². The lowest BCUT2D eigenvalue weighted by molar-refractivity contribution is 0.117. The Morgan fingerprint density at radius 1 is 0.929 bits per heavy atom. The Morgan fingerprint density at radius 3 is 1.79 bits per heavy atom. The van der Waals surface area contributed by atoms with Crippen molar-refractivity contribution >= 4 is 6.03 Å². The molecule has 4 heteroatoms. The zero-order chi connectivity index (χ0) is 9.97. The van der Waals surface area contributed by atoms with Crippen LogP contribution in [0.25, 0.3) is 0 Å². The van der Waals surface area contributed by atoms with Crippen LogP contribution >= 0.6 is 0 Å². The minimum absolute atomic E-state index is 0.0334. The molecule has 0 spiro atoms. The summed E-state index contributed by atoms with van der Waals surface area (Å²) in [7, 11) is 0. The van der Waals surface area contributed by atoms with Gasteiger partial charge in [-0.15, -0.1) is 0 Å². The van der Waals surface area contributed by atoms with E-state index < -0.39 is 0 Å². The molecule has 0 unspecified atom stereocenters. The van der Waals surface area contributed by atoms with E-state index in [4.69, 9.17) is 0 Å². The number of carbonyl (C=O) groups excluding carboxylic acids is 1. The van der Waals surface area contributed by atoms with E-state index in [1.807, 2.05) is 0 Å². The van der Waals surface area contributed by atoms with Gasteiger partial charge in [0, 0.05) is 12.1 Å².